The Labute approximate surface area is 168 Å². The summed E-state index contributed by atoms with van der Waals surface area (Å²) in [5.41, 5.74) is 3.89. The zero-order chi connectivity index (χ0) is 19.8. The van der Waals surface area contributed by atoms with E-state index in [1.807, 2.05) is 12.1 Å². The summed E-state index contributed by atoms with van der Waals surface area (Å²) in [6.45, 7) is 8.95. The zero-order valence-corrected chi connectivity index (χ0v) is 17.0. The fourth-order valence-electron chi connectivity index (χ4n) is 3.55. The third-order valence-electron chi connectivity index (χ3n) is 5.28. The summed E-state index contributed by atoms with van der Waals surface area (Å²) < 4.78 is 0. The molecule has 5 nitrogen and oxygen atoms in total. The van der Waals surface area contributed by atoms with Crippen molar-refractivity contribution < 1.29 is 5.11 Å². The van der Waals surface area contributed by atoms with Gasteiger partial charge in [0.2, 0.25) is 0 Å². The van der Waals surface area contributed by atoms with Crippen LogP contribution in [0.3, 0.4) is 0 Å². The van der Waals surface area contributed by atoms with E-state index in [1.54, 1.807) is 12.1 Å². The summed E-state index contributed by atoms with van der Waals surface area (Å²) >= 11 is 0. The van der Waals surface area contributed by atoms with Crippen LogP contribution in [0.4, 0.5) is 0 Å². The van der Waals surface area contributed by atoms with Crippen molar-refractivity contribution >= 4 is 5.96 Å². The van der Waals surface area contributed by atoms with Crippen LogP contribution in [0.1, 0.15) is 36.5 Å². The van der Waals surface area contributed by atoms with Crippen LogP contribution in [0, 0.1) is 6.92 Å². The van der Waals surface area contributed by atoms with Crippen LogP contribution in [-0.2, 0) is 13.1 Å². The summed E-state index contributed by atoms with van der Waals surface area (Å²) in [5.74, 6) is 1.16. The first-order valence-corrected chi connectivity index (χ1v) is 10.2. The third-order valence-corrected chi connectivity index (χ3v) is 5.28. The smallest absolute Gasteiger partial charge is 0.191 e. The molecular formula is C23H32N4O. The van der Waals surface area contributed by atoms with Crippen molar-refractivity contribution in [3.8, 4) is 5.75 Å². The average Bonchev–Trinajstić information content (AvgIpc) is 2.71. The number of aliphatic imine (C=N–C) groups is 1. The molecule has 1 heterocycles. The van der Waals surface area contributed by atoms with Crippen molar-refractivity contribution in [2.45, 2.75) is 45.8 Å². The van der Waals surface area contributed by atoms with Crippen LogP contribution < -0.4 is 10.6 Å². The number of aryl methyl sites for hydroxylation is 1. The Morgan fingerprint density at radius 2 is 1.82 bits per heavy atom. The second-order valence-corrected chi connectivity index (χ2v) is 7.48. The monoisotopic (exact) mass is 380 g/mol. The molecule has 1 aliphatic heterocycles. The molecule has 1 saturated heterocycles. The number of hydrogen-bond acceptors (Lipinski definition) is 3. The second kappa shape index (κ2) is 10.1. The van der Waals surface area contributed by atoms with Gasteiger partial charge in [-0.2, -0.15) is 0 Å². The van der Waals surface area contributed by atoms with Crippen LogP contribution >= 0.6 is 0 Å². The fourth-order valence-corrected chi connectivity index (χ4v) is 3.55. The number of nitrogens with one attached hydrogen (secondary N) is 2. The van der Waals surface area contributed by atoms with Crippen LogP contribution in [0.25, 0.3) is 0 Å². The molecule has 0 unspecified atom stereocenters. The van der Waals surface area contributed by atoms with E-state index >= 15 is 0 Å². The van der Waals surface area contributed by atoms with E-state index < -0.39 is 0 Å². The van der Waals surface area contributed by atoms with Crippen LogP contribution in [0.5, 0.6) is 5.75 Å². The first kappa shape index (κ1) is 20.2. The quantitative estimate of drug-likeness (QED) is 0.531. The predicted octanol–water partition coefficient (Wildman–Crippen LogP) is 3.42. The second-order valence-electron chi connectivity index (χ2n) is 7.48. The summed E-state index contributed by atoms with van der Waals surface area (Å²) in [4.78, 5) is 7.25. The molecule has 0 radical (unpaired) electrons. The van der Waals surface area contributed by atoms with E-state index in [1.165, 1.54) is 11.1 Å². The van der Waals surface area contributed by atoms with Gasteiger partial charge in [0.05, 0.1) is 6.54 Å². The normalized spacial score (nSPS) is 16.1. The highest BCUT2D eigenvalue weighted by atomic mass is 16.3. The van der Waals surface area contributed by atoms with Gasteiger partial charge < -0.3 is 15.7 Å². The van der Waals surface area contributed by atoms with Crippen LogP contribution in [0.15, 0.2) is 53.5 Å². The van der Waals surface area contributed by atoms with E-state index in [0.717, 1.165) is 50.5 Å². The number of phenolic OH excluding ortho intramolecular Hbond substituents is 1. The van der Waals surface area contributed by atoms with Gasteiger partial charge in [-0.25, -0.2) is 4.99 Å². The molecule has 2 aromatic rings. The maximum absolute atomic E-state index is 9.40. The molecule has 2 aromatic carbocycles. The molecule has 0 amide bonds. The molecule has 0 saturated carbocycles. The van der Waals surface area contributed by atoms with Crippen molar-refractivity contribution in [1.82, 2.24) is 15.5 Å². The maximum atomic E-state index is 9.40. The largest absolute Gasteiger partial charge is 0.508 e. The molecule has 0 atom stereocenters. The van der Waals surface area contributed by atoms with Crippen molar-refractivity contribution in [3.05, 3.63) is 65.2 Å². The minimum absolute atomic E-state index is 0.287. The molecule has 0 bridgehead atoms. The van der Waals surface area contributed by atoms with Gasteiger partial charge in [-0.1, -0.05) is 36.4 Å². The van der Waals surface area contributed by atoms with Gasteiger partial charge in [0.25, 0.3) is 0 Å². The van der Waals surface area contributed by atoms with E-state index in [0.29, 0.717) is 12.6 Å². The van der Waals surface area contributed by atoms with Gasteiger partial charge in [0.1, 0.15) is 5.75 Å². The Bertz CT molecular complexity index is 764. The number of guanidine groups is 1. The van der Waals surface area contributed by atoms with Gasteiger partial charge in [-0.05, 0) is 55.5 Å². The van der Waals surface area contributed by atoms with Gasteiger partial charge in [-0.15, -0.1) is 0 Å². The molecule has 0 aromatic heterocycles. The van der Waals surface area contributed by atoms with E-state index in [-0.39, 0.29) is 5.75 Å². The topological polar surface area (TPSA) is 59.9 Å². The Morgan fingerprint density at radius 1 is 1.11 bits per heavy atom. The lowest BCUT2D eigenvalue weighted by Crippen LogP contribution is -2.48. The summed E-state index contributed by atoms with van der Waals surface area (Å²) in [6.07, 6.45) is 2.24. The van der Waals surface area contributed by atoms with Crippen molar-refractivity contribution in [1.29, 1.82) is 0 Å². The lowest BCUT2D eigenvalue weighted by atomic mass is 10.0. The molecule has 0 spiro atoms. The average molecular weight is 381 g/mol. The first-order valence-electron chi connectivity index (χ1n) is 10.2. The van der Waals surface area contributed by atoms with Crippen LogP contribution in [0.2, 0.25) is 0 Å². The van der Waals surface area contributed by atoms with Gasteiger partial charge in [-0.3, -0.25) is 4.90 Å². The highest BCUT2D eigenvalue weighted by Gasteiger charge is 2.20. The van der Waals surface area contributed by atoms with Gasteiger partial charge in [0, 0.05) is 32.2 Å². The number of hydrogen-bond donors (Lipinski definition) is 3. The number of piperidine rings is 1. The number of rotatable bonds is 6. The summed E-state index contributed by atoms with van der Waals surface area (Å²) in [5, 5.41) is 16.3. The van der Waals surface area contributed by atoms with Crippen LogP contribution in [-0.4, -0.2) is 41.6 Å². The maximum Gasteiger partial charge on any atom is 0.191 e. The highest BCUT2D eigenvalue weighted by molar-refractivity contribution is 5.80. The van der Waals surface area contributed by atoms with Crippen molar-refractivity contribution in [2.75, 3.05) is 19.6 Å². The third kappa shape index (κ3) is 5.99. The minimum atomic E-state index is 0.287. The number of aromatic hydroxyl groups is 1. The standard InChI is InChI=1S/C23H32N4O/c1-3-24-23(25-16-19-8-10-22(28)11-9-19)26-21-12-14-27(15-13-21)17-20-7-5-4-6-18(20)2/h4-11,21,28H,3,12-17H2,1-2H3,(H2,24,25,26). The Morgan fingerprint density at radius 3 is 2.50 bits per heavy atom. The van der Waals surface area contributed by atoms with Gasteiger partial charge >= 0.3 is 0 Å². The highest BCUT2D eigenvalue weighted by Crippen LogP contribution is 2.16. The minimum Gasteiger partial charge on any atom is -0.508 e. The molecule has 1 fully saturated rings. The molecular weight excluding hydrogens is 348 g/mol. The molecule has 1 aliphatic rings. The van der Waals surface area contributed by atoms with E-state index in [9.17, 15) is 5.11 Å². The lowest BCUT2D eigenvalue weighted by Gasteiger charge is -2.33. The van der Waals surface area contributed by atoms with Crippen molar-refractivity contribution in [3.63, 3.8) is 0 Å². The SMILES string of the molecule is CCNC(=NCc1ccc(O)cc1)NC1CCN(Cc2ccccc2C)CC1. The first-order chi connectivity index (χ1) is 13.6. The molecule has 0 aliphatic carbocycles. The number of likely N-dealkylation sites (tertiary alicyclic amines) is 1. The van der Waals surface area contributed by atoms with E-state index in [4.69, 9.17) is 4.99 Å². The van der Waals surface area contributed by atoms with Gasteiger partial charge in [0.15, 0.2) is 5.96 Å². The summed E-state index contributed by atoms with van der Waals surface area (Å²) in [7, 11) is 0. The van der Waals surface area contributed by atoms with E-state index in [2.05, 4.69) is 53.6 Å². The van der Waals surface area contributed by atoms with Crippen molar-refractivity contribution in [2.24, 2.45) is 4.99 Å². The molecule has 150 valence electrons. The number of benzene rings is 2. The number of nitrogens with zero attached hydrogens (tertiary/aromatic N) is 2. The molecule has 3 rings (SSSR count). The Hall–Kier alpha value is -2.53. The lowest BCUT2D eigenvalue weighted by molar-refractivity contribution is 0.198. The molecule has 3 N–H and O–H groups in total. The molecule has 5 heteroatoms. The predicted molar refractivity (Wildman–Crippen MR) is 116 cm³/mol. The fraction of sp³-hybridized carbons (Fsp3) is 0.435. The Balaban J connectivity index is 1.50. The number of phenols is 1. The Kier molecular flexibility index (Phi) is 7.31. The zero-order valence-electron chi connectivity index (χ0n) is 17.0. The summed E-state index contributed by atoms with van der Waals surface area (Å²) in [6, 6.07) is 16.3. The molecule has 28 heavy (non-hydrogen) atoms.